The van der Waals surface area contributed by atoms with Gasteiger partial charge in [-0.05, 0) is 13.0 Å². The Morgan fingerprint density at radius 3 is 2.71 bits per heavy atom. The van der Waals surface area contributed by atoms with Crippen molar-refractivity contribution in [3.63, 3.8) is 0 Å². The van der Waals surface area contributed by atoms with Crippen LogP contribution in [-0.2, 0) is 4.79 Å². The van der Waals surface area contributed by atoms with Gasteiger partial charge in [-0.3, -0.25) is 4.79 Å². The molecule has 2 heterocycles. The Kier molecular flexibility index (Phi) is 7.90. The minimum absolute atomic E-state index is 0.0293. The molecule has 1 amide bonds. The van der Waals surface area contributed by atoms with Crippen LogP contribution in [0.15, 0.2) is 18.5 Å². The number of anilines is 1. The number of carbonyl (C=O) groups is 1. The van der Waals surface area contributed by atoms with Gasteiger partial charge in [0.1, 0.15) is 10.0 Å². The zero-order valence-corrected chi connectivity index (χ0v) is 17.0. The number of alkyl halides is 3. The van der Waals surface area contributed by atoms with Crippen LogP contribution in [0.25, 0.3) is 10.6 Å². The number of hydrogen-bond donors (Lipinski definition) is 0. The third kappa shape index (κ3) is 6.49. The molecule has 12 heteroatoms. The molecule has 0 aliphatic heterocycles. The van der Waals surface area contributed by atoms with E-state index in [4.69, 9.17) is 11.6 Å². The number of carbonyl (C=O) groups excluding carboxylic acids is 1. The van der Waals surface area contributed by atoms with Crippen molar-refractivity contribution in [3.05, 3.63) is 34.6 Å². The first kappa shape index (κ1) is 22.7. The van der Waals surface area contributed by atoms with E-state index in [1.165, 1.54) is 4.90 Å². The summed E-state index contributed by atoms with van der Waals surface area (Å²) in [6, 6.07) is 1.13. The molecule has 5 nitrogen and oxygen atoms in total. The van der Waals surface area contributed by atoms with E-state index in [1.54, 1.807) is 6.92 Å². The summed E-state index contributed by atoms with van der Waals surface area (Å²) in [4.78, 5) is 17.9. The zero-order valence-electron chi connectivity index (χ0n) is 14.6. The highest BCUT2D eigenvalue weighted by Crippen LogP contribution is 2.37. The number of rotatable bonds is 8. The molecule has 0 fully saturated rings. The number of halogens is 5. The van der Waals surface area contributed by atoms with Crippen LogP contribution in [-0.4, -0.2) is 35.1 Å². The van der Waals surface area contributed by atoms with Gasteiger partial charge in [0.05, 0.1) is 12.0 Å². The van der Waals surface area contributed by atoms with E-state index >= 15 is 0 Å². The van der Waals surface area contributed by atoms with Crippen LogP contribution in [0.1, 0.15) is 19.8 Å². The van der Waals surface area contributed by atoms with Crippen LogP contribution >= 0.6 is 34.7 Å². The van der Waals surface area contributed by atoms with Crippen LogP contribution in [0.3, 0.4) is 0 Å². The van der Waals surface area contributed by atoms with Gasteiger partial charge in [0, 0.05) is 24.5 Å². The Morgan fingerprint density at radius 1 is 1.39 bits per heavy atom. The molecule has 0 unspecified atom stereocenters. The second-order valence-corrected chi connectivity index (χ2v) is 8.14. The fraction of sp³-hybridized carbons (Fsp3) is 0.438. The molecule has 2 aromatic heterocycles. The van der Waals surface area contributed by atoms with E-state index in [-0.39, 0.29) is 46.1 Å². The molecule has 0 aliphatic carbocycles. The number of thiazole rings is 1. The highest BCUT2D eigenvalue weighted by molar-refractivity contribution is 7.99. The lowest BCUT2D eigenvalue weighted by atomic mass is 10.3. The number of pyridine rings is 1. The Hall–Kier alpha value is -1.59. The molecule has 0 aromatic carbocycles. The number of aromatic nitrogens is 2. The van der Waals surface area contributed by atoms with Crippen LogP contribution in [0, 0.1) is 11.0 Å². The maximum absolute atomic E-state index is 13.4. The van der Waals surface area contributed by atoms with Gasteiger partial charge in [0.2, 0.25) is 12.1 Å². The predicted molar refractivity (Wildman–Crippen MR) is 102 cm³/mol. The number of amides is 1. The van der Waals surface area contributed by atoms with Crippen molar-refractivity contribution in [2.75, 3.05) is 23.0 Å². The van der Waals surface area contributed by atoms with Crippen molar-refractivity contribution >= 4 is 45.6 Å². The highest BCUT2D eigenvalue weighted by atomic mass is 35.5. The third-order valence-electron chi connectivity index (χ3n) is 3.48. The summed E-state index contributed by atoms with van der Waals surface area (Å²) in [5, 5.41) is 12.0. The summed E-state index contributed by atoms with van der Waals surface area (Å²) in [6.07, 6.45) is -3.17. The number of thioether (sulfide) groups is 1. The van der Waals surface area contributed by atoms with Crippen LogP contribution in [0.4, 0.5) is 22.6 Å². The molecular weight excluding hydrogens is 442 g/mol. The molecule has 0 aliphatic rings. The lowest BCUT2D eigenvalue weighted by Gasteiger charge is -2.19. The van der Waals surface area contributed by atoms with Gasteiger partial charge in [0.15, 0.2) is 17.2 Å². The van der Waals surface area contributed by atoms with Crippen molar-refractivity contribution in [1.29, 1.82) is 0 Å². The fourth-order valence-corrected chi connectivity index (χ4v) is 4.51. The number of hydrogen-bond acceptors (Lipinski definition) is 5. The first-order chi connectivity index (χ1) is 13.1. The van der Waals surface area contributed by atoms with Gasteiger partial charge < -0.3 is 10.1 Å². The van der Waals surface area contributed by atoms with Gasteiger partial charge >= 0.3 is 6.18 Å². The van der Waals surface area contributed by atoms with Crippen molar-refractivity contribution in [2.24, 2.45) is 0 Å². The molecular formula is C16H16ClF4N3O2S2. The quantitative estimate of drug-likeness (QED) is 0.250. The Bertz CT molecular complexity index is 812. The van der Waals surface area contributed by atoms with Crippen molar-refractivity contribution < 1.29 is 27.1 Å². The van der Waals surface area contributed by atoms with Crippen LogP contribution < -0.4 is 9.63 Å². The lowest BCUT2D eigenvalue weighted by molar-refractivity contribution is -0.606. The van der Waals surface area contributed by atoms with Crippen LogP contribution in [0.2, 0.25) is 5.15 Å². The second-order valence-electron chi connectivity index (χ2n) is 5.58. The monoisotopic (exact) mass is 457 g/mol. The smallest absolute Gasteiger partial charge is 0.389 e. The molecule has 0 radical (unpaired) electrons. The average Bonchev–Trinajstić information content (AvgIpc) is 2.95. The largest absolute Gasteiger partial charge is 0.619 e. The summed E-state index contributed by atoms with van der Waals surface area (Å²) < 4.78 is 50.1. The van der Waals surface area contributed by atoms with Crippen molar-refractivity contribution in [2.45, 2.75) is 25.9 Å². The molecule has 0 saturated heterocycles. The second kappa shape index (κ2) is 9.75. The van der Waals surface area contributed by atoms with Gasteiger partial charge in [-0.15, -0.1) is 0 Å². The first-order valence-electron chi connectivity index (χ1n) is 8.11. The maximum Gasteiger partial charge on any atom is 0.389 e. The minimum Gasteiger partial charge on any atom is -0.619 e. The fourth-order valence-electron chi connectivity index (χ4n) is 2.24. The summed E-state index contributed by atoms with van der Waals surface area (Å²) >= 11 is 8.20. The van der Waals surface area contributed by atoms with E-state index < -0.39 is 18.4 Å². The molecule has 0 bridgehead atoms. The van der Waals surface area contributed by atoms with E-state index in [1.807, 2.05) is 0 Å². The van der Waals surface area contributed by atoms with Gasteiger partial charge in [-0.25, -0.2) is 9.37 Å². The normalized spacial score (nSPS) is 11.6. The Labute approximate surface area is 171 Å². The minimum atomic E-state index is -4.21. The molecule has 0 saturated carbocycles. The van der Waals surface area contributed by atoms with Crippen molar-refractivity contribution in [3.8, 4) is 10.6 Å². The standard InChI is InChI=1S/C16H16ClF4N3O2S2/c1-2-24(12(25)3-5-27-6-4-16(19,20)21)15-13(17)22-14(28-15)10-7-11(18)9-23(26)8-10/h7-9H,2-6H2,1H3. The lowest BCUT2D eigenvalue weighted by Crippen LogP contribution is -2.30. The summed E-state index contributed by atoms with van der Waals surface area (Å²) in [5.74, 6) is -0.908. The predicted octanol–water partition coefficient (Wildman–Crippen LogP) is 4.66. The first-order valence-corrected chi connectivity index (χ1v) is 10.5. The summed E-state index contributed by atoms with van der Waals surface area (Å²) in [6.45, 7) is 2.00. The molecule has 28 heavy (non-hydrogen) atoms. The van der Waals surface area contributed by atoms with E-state index in [2.05, 4.69) is 4.98 Å². The van der Waals surface area contributed by atoms with E-state index in [0.717, 1.165) is 41.6 Å². The SMILES string of the molecule is CCN(C(=O)CCSCCC(F)(F)F)c1sc(-c2cc(F)c[n+]([O-])c2)nc1Cl. The van der Waals surface area contributed by atoms with Crippen molar-refractivity contribution in [1.82, 2.24) is 4.98 Å². The molecule has 0 spiro atoms. The Balaban J connectivity index is 2.05. The molecule has 154 valence electrons. The highest BCUT2D eigenvalue weighted by Gasteiger charge is 2.26. The van der Waals surface area contributed by atoms with Gasteiger partial charge in [-0.2, -0.15) is 29.7 Å². The van der Waals surface area contributed by atoms with Gasteiger partial charge in [-0.1, -0.05) is 22.9 Å². The van der Waals surface area contributed by atoms with E-state index in [9.17, 15) is 27.6 Å². The maximum atomic E-state index is 13.4. The Morgan fingerprint density at radius 2 is 2.11 bits per heavy atom. The topological polar surface area (TPSA) is 60.1 Å². The summed E-state index contributed by atoms with van der Waals surface area (Å²) in [5.41, 5.74) is 0.222. The van der Waals surface area contributed by atoms with Gasteiger partial charge in [0.25, 0.3) is 0 Å². The number of nitrogens with zero attached hydrogens (tertiary/aromatic N) is 3. The molecule has 0 N–H and O–H groups in total. The van der Waals surface area contributed by atoms with E-state index in [0.29, 0.717) is 9.73 Å². The zero-order chi connectivity index (χ0) is 20.9. The van der Waals surface area contributed by atoms with Crippen LogP contribution in [0.5, 0.6) is 0 Å². The molecule has 2 rings (SSSR count). The summed E-state index contributed by atoms with van der Waals surface area (Å²) in [7, 11) is 0. The average molecular weight is 458 g/mol. The third-order valence-corrected chi connectivity index (χ3v) is 5.97. The molecule has 2 aromatic rings. The molecule has 0 atom stereocenters.